The molecule has 0 amide bonds. The lowest BCUT2D eigenvalue weighted by atomic mass is 10.0. The van der Waals surface area contributed by atoms with Crippen molar-refractivity contribution in [3.63, 3.8) is 0 Å². The fourth-order valence-electron chi connectivity index (χ4n) is 3.55. The number of ether oxygens (including phenoxy) is 1. The number of aromatic nitrogens is 6. The number of anilines is 2. The molecule has 0 unspecified atom stereocenters. The van der Waals surface area contributed by atoms with E-state index >= 15 is 0 Å². The van der Waals surface area contributed by atoms with Gasteiger partial charge in [-0.05, 0) is 55.8 Å². The van der Waals surface area contributed by atoms with E-state index in [1.807, 2.05) is 26.0 Å². The van der Waals surface area contributed by atoms with Crippen LogP contribution < -0.4 is 10.1 Å². The molecule has 5 aromatic rings. The van der Waals surface area contributed by atoms with Gasteiger partial charge in [0.1, 0.15) is 23.7 Å². The maximum absolute atomic E-state index is 13.7. The third-order valence-electron chi connectivity index (χ3n) is 5.19. The first-order chi connectivity index (χ1) is 16.4. The van der Waals surface area contributed by atoms with Crippen LogP contribution in [0.3, 0.4) is 0 Å². The van der Waals surface area contributed by atoms with Crippen molar-refractivity contribution in [2.75, 3.05) is 5.32 Å². The first-order valence-electron chi connectivity index (χ1n) is 10.4. The second-order valence-corrected chi connectivity index (χ2v) is 8.42. The van der Waals surface area contributed by atoms with E-state index in [0.29, 0.717) is 34.0 Å². The molecule has 0 spiro atoms. The van der Waals surface area contributed by atoms with Crippen molar-refractivity contribution in [3.05, 3.63) is 84.2 Å². The average Bonchev–Trinajstić information content (AvgIpc) is 3.37. The lowest BCUT2D eigenvalue weighted by Crippen LogP contribution is -2.28. The summed E-state index contributed by atoms with van der Waals surface area (Å²) >= 11 is 5.97. The van der Waals surface area contributed by atoms with Crippen LogP contribution in [0.4, 0.5) is 15.9 Å². The number of H-pyrrole nitrogens is 1. The summed E-state index contributed by atoms with van der Waals surface area (Å²) < 4.78 is 20.2. The number of hydrogen-bond acceptors (Lipinski definition) is 7. The second-order valence-electron chi connectivity index (χ2n) is 8.02. The molecule has 170 valence electrons. The normalized spacial score (nSPS) is 11.5. The van der Waals surface area contributed by atoms with E-state index in [-0.39, 0.29) is 5.02 Å². The zero-order valence-electron chi connectivity index (χ0n) is 18.3. The number of aromatic amines is 1. The maximum atomic E-state index is 13.7. The smallest absolute Gasteiger partial charge is 0.171 e. The maximum Gasteiger partial charge on any atom is 0.171 e. The minimum atomic E-state index is -0.866. The van der Waals surface area contributed by atoms with Crippen molar-refractivity contribution < 1.29 is 9.13 Å². The van der Waals surface area contributed by atoms with Crippen LogP contribution in [-0.4, -0.2) is 30.1 Å². The van der Waals surface area contributed by atoms with Crippen molar-refractivity contribution in [2.45, 2.75) is 19.4 Å². The summed E-state index contributed by atoms with van der Waals surface area (Å²) in [6.07, 6.45) is 8.29. The Labute approximate surface area is 199 Å². The van der Waals surface area contributed by atoms with Crippen LogP contribution >= 0.6 is 11.6 Å². The summed E-state index contributed by atoms with van der Waals surface area (Å²) in [6.45, 7) is 3.77. The van der Waals surface area contributed by atoms with Gasteiger partial charge in [-0.15, -0.1) is 0 Å². The topological polar surface area (TPSA) is 102 Å². The predicted molar refractivity (Wildman–Crippen MR) is 127 cm³/mol. The molecule has 0 bridgehead atoms. The third kappa shape index (κ3) is 4.25. The Morgan fingerprint density at radius 1 is 1.03 bits per heavy atom. The molecular formula is C24H19ClFN7O. The molecule has 0 atom stereocenters. The van der Waals surface area contributed by atoms with Crippen LogP contribution in [0.5, 0.6) is 5.75 Å². The number of nitrogens with one attached hydrogen (secondary N) is 2. The van der Waals surface area contributed by atoms with Crippen LogP contribution in [0.2, 0.25) is 5.02 Å². The molecule has 0 aliphatic heterocycles. The van der Waals surface area contributed by atoms with Gasteiger partial charge in [-0.25, -0.2) is 24.3 Å². The molecule has 5 rings (SSSR count). The SMILES string of the molecule is CC(C)(Oc1cc(-c2cn[nH]c2)cc2ncnc(Nc3ccc(F)c(Cl)c3)c12)c1ncccn1. The van der Waals surface area contributed by atoms with Crippen molar-refractivity contribution in [1.82, 2.24) is 30.1 Å². The van der Waals surface area contributed by atoms with Gasteiger partial charge in [0, 0.05) is 29.8 Å². The highest BCUT2D eigenvalue weighted by molar-refractivity contribution is 6.31. The molecule has 0 aliphatic carbocycles. The van der Waals surface area contributed by atoms with Gasteiger partial charge in [0.2, 0.25) is 0 Å². The zero-order chi connectivity index (χ0) is 23.7. The second kappa shape index (κ2) is 8.68. The number of rotatable bonds is 6. The number of fused-ring (bicyclic) bond motifs is 1. The standard InChI is InChI=1S/C24H19ClFN7O/c1-24(2,23-27-6-3-7-28-23)34-20-9-14(15-11-31-32-12-15)8-19-21(20)22(30-13-29-19)33-16-4-5-18(26)17(25)10-16/h3-13H,1-2H3,(H,31,32)(H,29,30,33). The molecule has 34 heavy (non-hydrogen) atoms. The van der Waals surface area contributed by atoms with Gasteiger partial charge < -0.3 is 10.1 Å². The van der Waals surface area contributed by atoms with E-state index in [0.717, 1.165) is 11.1 Å². The van der Waals surface area contributed by atoms with E-state index in [4.69, 9.17) is 16.3 Å². The molecule has 3 heterocycles. The van der Waals surface area contributed by atoms with E-state index in [9.17, 15) is 4.39 Å². The minimum Gasteiger partial charge on any atom is -0.479 e. The highest BCUT2D eigenvalue weighted by Gasteiger charge is 2.28. The fourth-order valence-corrected chi connectivity index (χ4v) is 3.73. The zero-order valence-corrected chi connectivity index (χ0v) is 19.0. The Hall–Kier alpha value is -4.11. The summed E-state index contributed by atoms with van der Waals surface area (Å²) in [5.41, 5.74) is 2.08. The Kier molecular flexibility index (Phi) is 5.54. The van der Waals surface area contributed by atoms with Gasteiger partial charge in [0.25, 0.3) is 0 Å². The first-order valence-corrected chi connectivity index (χ1v) is 10.7. The van der Waals surface area contributed by atoms with Gasteiger partial charge in [-0.2, -0.15) is 5.10 Å². The van der Waals surface area contributed by atoms with Crippen LogP contribution in [0.25, 0.3) is 22.0 Å². The molecule has 0 fully saturated rings. The number of nitrogens with zero attached hydrogens (tertiary/aromatic N) is 5. The number of hydrogen-bond donors (Lipinski definition) is 2. The van der Waals surface area contributed by atoms with Crippen LogP contribution in [0.15, 0.2) is 67.5 Å². The lowest BCUT2D eigenvalue weighted by molar-refractivity contribution is 0.101. The monoisotopic (exact) mass is 475 g/mol. The molecule has 3 aromatic heterocycles. The van der Waals surface area contributed by atoms with Crippen molar-refractivity contribution >= 4 is 34.0 Å². The summed E-state index contributed by atoms with van der Waals surface area (Å²) in [6, 6.07) is 9.92. The van der Waals surface area contributed by atoms with E-state index < -0.39 is 11.4 Å². The Morgan fingerprint density at radius 2 is 1.85 bits per heavy atom. The average molecular weight is 476 g/mol. The van der Waals surface area contributed by atoms with Gasteiger partial charge >= 0.3 is 0 Å². The minimum absolute atomic E-state index is 0.00411. The highest BCUT2D eigenvalue weighted by atomic mass is 35.5. The van der Waals surface area contributed by atoms with Gasteiger partial charge in [0.05, 0.1) is 22.1 Å². The summed E-state index contributed by atoms with van der Waals surface area (Å²) in [4.78, 5) is 17.6. The quantitative estimate of drug-likeness (QED) is 0.326. The fraction of sp³-hybridized carbons (Fsp3) is 0.125. The largest absolute Gasteiger partial charge is 0.479 e. The number of halogens is 2. The molecule has 0 saturated heterocycles. The Bertz CT molecular complexity index is 1460. The van der Waals surface area contributed by atoms with E-state index in [2.05, 4.69) is 35.5 Å². The molecule has 8 nitrogen and oxygen atoms in total. The van der Waals surface area contributed by atoms with Gasteiger partial charge in [0.15, 0.2) is 11.4 Å². The van der Waals surface area contributed by atoms with Gasteiger partial charge in [-0.1, -0.05) is 11.6 Å². The molecular weight excluding hydrogens is 457 g/mol. The van der Waals surface area contributed by atoms with Crippen LogP contribution in [0.1, 0.15) is 19.7 Å². The van der Waals surface area contributed by atoms with E-state index in [1.165, 1.54) is 18.5 Å². The predicted octanol–water partition coefficient (Wildman–Crippen LogP) is 5.66. The molecule has 2 N–H and O–H groups in total. The van der Waals surface area contributed by atoms with Crippen molar-refractivity contribution in [3.8, 4) is 16.9 Å². The van der Waals surface area contributed by atoms with Crippen molar-refractivity contribution in [2.24, 2.45) is 0 Å². The van der Waals surface area contributed by atoms with E-state index in [1.54, 1.807) is 36.9 Å². The van der Waals surface area contributed by atoms with Gasteiger partial charge in [-0.3, -0.25) is 5.10 Å². The van der Waals surface area contributed by atoms with Crippen LogP contribution in [-0.2, 0) is 5.60 Å². The Balaban J connectivity index is 1.66. The molecule has 0 radical (unpaired) electrons. The van der Waals surface area contributed by atoms with Crippen molar-refractivity contribution in [1.29, 1.82) is 0 Å². The highest BCUT2D eigenvalue weighted by Crippen LogP contribution is 2.39. The lowest BCUT2D eigenvalue weighted by Gasteiger charge is -2.26. The molecule has 2 aromatic carbocycles. The summed E-state index contributed by atoms with van der Waals surface area (Å²) in [5.74, 6) is 1.01. The molecule has 0 saturated carbocycles. The van der Waals surface area contributed by atoms with Crippen LogP contribution in [0, 0.1) is 5.82 Å². The Morgan fingerprint density at radius 3 is 2.59 bits per heavy atom. The summed E-state index contributed by atoms with van der Waals surface area (Å²) in [7, 11) is 0. The first kappa shape index (κ1) is 21.7. The molecule has 10 heteroatoms. The molecule has 0 aliphatic rings. The summed E-state index contributed by atoms with van der Waals surface area (Å²) in [5, 5.41) is 10.7. The third-order valence-corrected chi connectivity index (χ3v) is 5.47. The number of benzene rings is 2.